The Bertz CT molecular complexity index is 2540. The Labute approximate surface area is 530 Å². The number of nitrogens with two attached hydrogens (primary N) is 5. The van der Waals surface area contributed by atoms with E-state index in [4.69, 9.17) is 28.7 Å². The van der Waals surface area contributed by atoms with E-state index in [-0.39, 0.29) is 94.5 Å². The summed E-state index contributed by atoms with van der Waals surface area (Å²) in [5.41, 5.74) is 28.8. The highest BCUT2D eigenvalue weighted by atomic mass is 16.4. The van der Waals surface area contributed by atoms with E-state index in [1.165, 1.54) is 24.3 Å². The Kier molecular flexibility index (Phi) is 37.7. The maximum absolute atomic E-state index is 14.4. The summed E-state index contributed by atoms with van der Waals surface area (Å²) in [7, 11) is 0. The molecule has 1 aromatic carbocycles. The SMILES string of the molecule is CC[C@H](C)[C@H](NC(=O)[C@@H](N)C(C)C)C(=O)N[C@@H](Cc1ccc(O)cc1)C(=O)N[C@@H](CCCCN)C(=O)N[C@H](C(=O)N[C@H](C(=O)N[C@@H](CCCCN)C(=O)N[C@@H](CO)C(=O)N[C@@H](CO)C(=O)N[C@@H](CCCN=C(N)N)C(=O)N[C@@H](CC(C)C)C(=O)O)[C@@H](C)O)[C@@H](C)O. The molecule has 0 aromatic heterocycles. The van der Waals surface area contributed by atoms with Gasteiger partial charge in [-0.2, -0.15) is 0 Å². The third-order valence-electron chi connectivity index (χ3n) is 14.6. The number of rotatable bonds is 44. The van der Waals surface area contributed by atoms with Crippen LogP contribution in [-0.4, -0.2) is 213 Å². The number of aliphatic carboxylic acids is 1. The van der Waals surface area contributed by atoms with Crippen LogP contribution in [0.15, 0.2) is 29.3 Å². The molecule has 0 saturated heterocycles. The van der Waals surface area contributed by atoms with Crippen LogP contribution in [0.25, 0.3) is 0 Å². The number of aliphatic hydroxyl groups excluding tert-OH is 4. The standard InChI is InChI=1S/C58H102N16O17/c1-9-31(6)44(72-53(86)43(61)30(4)5)54(87)68-39(26-34-18-20-35(79)21-19-34)50(83)65-37(16-11-13-23-60)49(82)73-46(33(8)78)56(89)74-45(32(7)77)55(88)67-36(15-10-12-22-59)48(81)70-42(28-76)52(85)71-41(27-75)51(84)66-38(17-14-24-64-58(62)63)47(80)69-40(57(90)91)25-29(2)3/h18-21,29-33,36-46,75-79H,9-17,22-28,59-61H2,1-8H3,(H,65,83)(H,66,84)(H,67,88)(H,68,87)(H,69,80)(H,70,81)(H,71,85)(H,72,86)(H,73,82)(H,74,89)(H,90,91)(H4,62,63,64)/t31-,32+,33+,36-,37-,38-,39-,40-,41-,42-,43-,44-,45-,46-/m0/s1. The maximum Gasteiger partial charge on any atom is 0.326 e. The normalized spacial score (nSPS) is 15.9. The van der Waals surface area contributed by atoms with Gasteiger partial charge in [0.25, 0.3) is 0 Å². The molecule has 10 amide bonds. The minimum Gasteiger partial charge on any atom is -0.508 e. The predicted molar refractivity (Wildman–Crippen MR) is 334 cm³/mol. The highest BCUT2D eigenvalue weighted by Gasteiger charge is 2.39. The van der Waals surface area contributed by atoms with Crippen LogP contribution < -0.4 is 81.8 Å². The van der Waals surface area contributed by atoms with Gasteiger partial charge >= 0.3 is 5.97 Å². The molecule has 26 N–H and O–H groups in total. The third kappa shape index (κ3) is 29.8. The van der Waals surface area contributed by atoms with Gasteiger partial charge in [-0.25, -0.2) is 4.79 Å². The Hall–Kier alpha value is -7.82. The summed E-state index contributed by atoms with van der Waals surface area (Å²) >= 11 is 0. The van der Waals surface area contributed by atoms with Crippen molar-refractivity contribution in [2.75, 3.05) is 32.8 Å². The minimum atomic E-state index is -1.92. The average Bonchev–Trinajstić information content (AvgIpc) is 2.09. The quantitative estimate of drug-likeness (QED) is 0.0164. The van der Waals surface area contributed by atoms with Gasteiger partial charge in [-0.1, -0.05) is 60.1 Å². The van der Waals surface area contributed by atoms with Gasteiger partial charge in [0.2, 0.25) is 59.1 Å². The topological polar surface area (TPSA) is 572 Å². The molecule has 33 nitrogen and oxygen atoms in total. The van der Waals surface area contributed by atoms with E-state index in [1.54, 1.807) is 41.5 Å². The van der Waals surface area contributed by atoms with Gasteiger partial charge in [0.1, 0.15) is 66.2 Å². The predicted octanol–water partition coefficient (Wildman–Crippen LogP) is -6.00. The van der Waals surface area contributed by atoms with Crippen LogP contribution in [0.1, 0.15) is 125 Å². The molecule has 0 saturated carbocycles. The van der Waals surface area contributed by atoms with Crippen molar-refractivity contribution in [2.45, 2.75) is 205 Å². The number of amides is 10. The first-order valence-electron chi connectivity index (χ1n) is 30.6. The first-order chi connectivity index (χ1) is 42.8. The van der Waals surface area contributed by atoms with Crippen LogP contribution in [0.2, 0.25) is 0 Å². The smallest absolute Gasteiger partial charge is 0.326 e. The number of hydrogen-bond donors (Lipinski definition) is 21. The summed E-state index contributed by atoms with van der Waals surface area (Å²) < 4.78 is 0. The Morgan fingerprint density at radius 3 is 1.25 bits per heavy atom. The largest absolute Gasteiger partial charge is 0.508 e. The maximum atomic E-state index is 14.4. The number of unbranched alkanes of at least 4 members (excludes halogenated alkanes) is 2. The molecule has 0 spiro atoms. The molecule has 0 aliphatic heterocycles. The molecule has 91 heavy (non-hydrogen) atoms. The second kappa shape index (κ2) is 42.3. The molecule has 1 rings (SSSR count). The number of carboxylic acids is 1. The van der Waals surface area contributed by atoms with Crippen molar-refractivity contribution in [3.05, 3.63) is 29.8 Å². The number of phenols is 1. The molecule has 516 valence electrons. The lowest BCUT2D eigenvalue weighted by Crippen LogP contribution is -2.63. The number of aliphatic hydroxyl groups is 4. The van der Waals surface area contributed by atoms with Gasteiger partial charge in [0, 0.05) is 13.0 Å². The summed E-state index contributed by atoms with van der Waals surface area (Å²) in [6, 6.07) is -11.2. The van der Waals surface area contributed by atoms with Gasteiger partial charge < -0.3 is 112 Å². The number of aromatic hydroxyl groups is 1. The first-order valence-corrected chi connectivity index (χ1v) is 30.6. The summed E-state index contributed by atoms with van der Waals surface area (Å²) in [6.07, 6.45) is -2.44. The van der Waals surface area contributed by atoms with Crippen LogP contribution >= 0.6 is 0 Å². The molecule has 0 unspecified atom stereocenters. The van der Waals surface area contributed by atoms with E-state index in [1.807, 2.05) is 0 Å². The van der Waals surface area contributed by atoms with E-state index < -0.39 is 163 Å². The van der Waals surface area contributed by atoms with E-state index >= 15 is 0 Å². The van der Waals surface area contributed by atoms with Gasteiger partial charge in [-0.15, -0.1) is 0 Å². The van der Waals surface area contributed by atoms with E-state index in [9.17, 15) is 83.4 Å². The van der Waals surface area contributed by atoms with Crippen LogP contribution in [0.4, 0.5) is 0 Å². The average molecular weight is 1300 g/mol. The zero-order valence-corrected chi connectivity index (χ0v) is 53.4. The van der Waals surface area contributed by atoms with Crippen LogP contribution in [0.3, 0.4) is 0 Å². The number of carboxylic acid groups (broad SMARTS) is 1. The fourth-order valence-corrected chi connectivity index (χ4v) is 8.90. The molecule has 1 aromatic rings. The van der Waals surface area contributed by atoms with E-state index in [2.05, 4.69) is 58.2 Å². The number of phenolic OH excluding ortho intramolecular Hbond substituents is 1. The van der Waals surface area contributed by atoms with Crippen molar-refractivity contribution in [3.63, 3.8) is 0 Å². The van der Waals surface area contributed by atoms with E-state index in [0.717, 1.165) is 13.8 Å². The van der Waals surface area contributed by atoms with Crippen LogP contribution in [0, 0.1) is 17.8 Å². The number of nitrogens with zero attached hydrogens (tertiary/aromatic N) is 1. The molecule has 14 atom stereocenters. The Morgan fingerprint density at radius 1 is 0.484 bits per heavy atom. The summed E-state index contributed by atoms with van der Waals surface area (Å²) in [6.45, 7) is 10.8. The number of aliphatic imine (C=N–C) groups is 1. The van der Waals surface area contributed by atoms with Gasteiger partial charge in [0.15, 0.2) is 5.96 Å². The third-order valence-corrected chi connectivity index (χ3v) is 14.6. The molecule has 0 radical (unpaired) electrons. The van der Waals surface area contributed by atoms with Crippen molar-refractivity contribution >= 4 is 71.0 Å². The summed E-state index contributed by atoms with van der Waals surface area (Å²) in [5.74, 6) is -12.7. The molecular weight excluding hydrogens is 1190 g/mol. The lowest BCUT2D eigenvalue weighted by Gasteiger charge is -2.30. The fourth-order valence-electron chi connectivity index (χ4n) is 8.90. The number of carbonyl (C=O) groups excluding carboxylic acids is 10. The highest BCUT2D eigenvalue weighted by Crippen LogP contribution is 2.16. The number of carbonyl (C=O) groups is 11. The second-order valence-electron chi connectivity index (χ2n) is 23.2. The van der Waals surface area contributed by atoms with Crippen molar-refractivity contribution in [2.24, 2.45) is 51.4 Å². The summed E-state index contributed by atoms with van der Waals surface area (Å²) in [5, 5.41) is 86.3. The first kappa shape index (κ1) is 81.2. The molecule has 0 aliphatic rings. The zero-order valence-electron chi connectivity index (χ0n) is 53.4. The molecular formula is C58H102N16O17. The van der Waals surface area contributed by atoms with Crippen LogP contribution in [-0.2, 0) is 59.2 Å². The van der Waals surface area contributed by atoms with Crippen molar-refractivity contribution in [3.8, 4) is 5.75 Å². The second-order valence-corrected chi connectivity index (χ2v) is 23.2. The molecule has 33 heteroatoms. The van der Waals surface area contributed by atoms with Crippen LogP contribution in [0.5, 0.6) is 5.75 Å². The molecule has 0 heterocycles. The van der Waals surface area contributed by atoms with Crippen molar-refractivity contribution in [1.82, 2.24) is 53.2 Å². The number of benzene rings is 1. The summed E-state index contributed by atoms with van der Waals surface area (Å²) in [4.78, 5) is 154. The van der Waals surface area contributed by atoms with Crippen molar-refractivity contribution < 1.29 is 83.4 Å². The van der Waals surface area contributed by atoms with E-state index in [0.29, 0.717) is 24.8 Å². The number of nitrogens with one attached hydrogen (secondary N) is 10. The van der Waals surface area contributed by atoms with Gasteiger partial charge in [-0.05, 0) is 120 Å². The minimum absolute atomic E-state index is 0.000272. The number of hydrogen-bond acceptors (Lipinski definition) is 20. The Morgan fingerprint density at radius 2 is 0.846 bits per heavy atom. The fraction of sp³-hybridized carbons (Fsp3) is 0.690. The number of guanidine groups is 1. The van der Waals surface area contributed by atoms with Crippen molar-refractivity contribution in [1.29, 1.82) is 0 Å². The van der Waals surface area contributed by atoms with Gasteiger partial charge in [0.05, 0.1) is 31.5 Å². The highest BCUT2D eigenvalue weighted by molar-refractivity contribution is 5.99. The molecule has 0 aliphatic carbocycles. The monoisotopic (exact) mass is 1290 g/mol. The Balaban J connectivity index is 3.50. The molecule has 0 fully saturated rings. The molecule has 0 bridgehead atoms. The lowest BCUT2D eigenvalue weighted by molar-refractivity contribution is -0.143. The zero-order chi connectivity index (χ0) is 69.2. The lowest BCUT2D eigenvalue weighted by atomic mass is 9.95. The van der Waals surface area contributed by atoms with Gasteiger partial charge in [-0.3, -0.25) is 52.9 Å².